The van der Waals surface area contributed by atoms with Gasteiger partial charge in [0.25, 0.3) is 0 Å². The highest BCUT2D eigenvalue weighted by Crippen LogP contribution is 2.38. The largest absolute Gasteiger partial charge is 0.384 e. The number of likely N-dealkylation sites (tertiary alicyclic amines) is 1. The normalized spacial score (nSPS) is 30.9. The molecule has 1 aliphatic heterocycles. The van der Waals surface area contributed by atoms with E-state index in [1.165, 1.54) is 18.9 Å². The predicted octanol–water partition coefficient (Wildman–Crippen LogP) is 1.88. The third kappa shape index (κ3) is 1.64. The van der Waals surface area contributed by atoms with Crippen LogP contribution in [0.5, 0.6) is 0 Å². The van der Waals surface area contributed by atoms with Gasteiger partial charge < -0.3 is 5.11 Å². The van der Waals surface area contributed by atoms with Crippen LogP contribution in [0.25, 0.3) is 0 Å². The van der Waals surface area contributed by atoms with Crippen LogP contribution in [0, 0.1) is 5.82 Å². The quantitative estimate of drug-likeness (QED) is 0.824. The van der Waals surface area contributed by atoms with Crippen molar-refractivity contribution in [2.45, 2.75) is 30.9 Å². The summed E-state index contributed by atoms with van der Waals surface area (Å²) in [5.41, 5.74) is -0.522. The van der Waals surface area contributed by atoms with Crippen molar-refractivity contribution in [2.24, 2.45) is 0 Å². The number of nitrogens with zero attached hydrogens (tertiary/aromatic N) is 1. The predicted molar refractivity (Wildman–Crippen MR) is 59.5 cm³/mol. The average Bonchev–Trinajstić information content (AvgIpc) is 3.04. The Morgan fingerprint density at radius 3 is 2.75 bits per heavy atom. The van der Waals surface area contributed by atoms with Crippen molar-refractivity contribution < 1.29 is 9.50 Å². The summed E-state index contributed by atoms with van der Waals surface area (Å²) in [6.07, 6.45) is 3.10. The van der Waals surface area contributed by atoms with Gasteiger partial charge in [-0.2, -0.15) is 0 Å². The van der Waals surface area contributed by atoms with E-state index in [1.807, 2.05) is 0 Å². The summed E-state index contributed by atoms with van der Waals surface area (Å²) in [6.45, 7) is 1.47. The van der Waals surface area contributed by atoms with Crippen molar-refractivity contribution in [1.82, 2.24) is 4.90 Å². The Bertz CT molecular complexity index is 405. The van der Waals surface area contributed by atoms with Crippen molar-refractivity contribution in [1.29, 1.82) is 0 Å². The lowest BCUT2D eigenvalue weighted by atomic mass is 9.92. The van der Waals surface area contributed by atoms with Gasteiger partial charge in [-0.1, -0.05) is 18.2 Å². The van der Waals surface area contributed by atoms with E-state index in [0.717, 1.165) is 6.54 Å². The van der Waals surface area contributed by atoms with Gasteiger partial charge in [-0.05, 0) is 25.3 Å². The fourth-order valence-corrected chi connectivity index (χ4v) is 2.63. The minimum Gasteiger partial charge on any atom is -0.384 e. The molecule has 1 aliphatic carbocycles. The van der Waals surface area contributed by atoms with Gasteiger partial charge in [-0.3, -0.25) is 4.90 Å². The molecule has 2 aliphatic rings. The van der Waals surface area contributed by atoms with E-state index in [0.29, 0.717) is 24.6 Å². The lowest BCUT2D eigenvalue weighted by molar-refractivity contribution is 0.0416. The number of hydrogen-bond donors (Lipinski definition) is 1. The Labute approximate surface area is 94.7 Å². The molecular formula is C13H16FNO. The maximum absolute atomic E-state index is 13.7. The third-order valence-corrected chi connectivity index (χ3v) is 3.72. The number of halogens is 1. The first kappa shape index (κ1) is 10.2. The van der Waals surface area contributed by atoms with Crippen molar-refractivity contribution >= 4 is 0 Å². The lowest BCUT2D eigenvalue weighted by Crippen LogP contribution is -2.32. The van der Waals surface area contributed by atoms with Crippen LogP contribution in [-0.4, -0.2) is 29.1 Å². The van der Waals surface area contributed by atoms with Gasteiger partial charge >= 0.3 is 0 Å². The fourth-order valence-electron chi connectivity index (χ4n) is 2.63. The van der Waals surface area contributed by atoms with Gasteiger partial charge in [0.05, 0.1) is 0 Å². The summed E-state index contributed by atoms with van der Waals surface area (Å²) in [4.78, 5) is 2.28. The van der Waals surface area contributed by atoms with Crippen LogP contribution in [0.4, 0.5) is 4.39 Å². The second kappa shape index (κ2) is 3.54. The highest BCUT2D eigenvalue weighted by molar-refractivity contribution is 5.26. The topological polar surface area (TPSA) is 23.5 Å². The Morgan fingerprint density at radius 2 is 2.06 bits per heavy atom. The second-order valence-electron chi connectivity index (χ2n) is 4.96. The van der Waals surface area contributed by atoms with Crippen LogP contribution in [0.3, 0.4) is 0 Å². The van der Waals surface area contributed by atoms with Crippen molar-refractivity contribution in [2.75, 3.05) is 13.1 Å². The zero-order chi connectivity index (χ0) is 11.2. The van der Waals surface area contributed by atoms with E-state index < -0.39 is 5.60 Å². The molecule has 86 valence electrons. The molecule has 1 heterocycles. The molecule has 2 nitrogen and oxygen atoms in total. The molecular weight excluding hydrogens is 205 g/mol. The molecule has 0 bridgehead atoms. The van der Waals surface area contributed by atoms with Crippen LogP contribution >= 0.6 is 0 Å². The first-order valence-corrected chi connectivity index (χ1v) is 5.90. The Hall–Kier alpha value is -0.930. The highest BCUT2D eigenvalue weighted by atomic mass is 19.1. The van der Waals surface area contributed by atoms with Gasteiger partial charge in [0, 0.05) is 24.7 Å². The van der Waals surface area contributed by atoms with Crippen LogP contribution in [0.1, 0.15) is 24.8 Å². The van der Waals surface area contributed by atoms with Gasteiger partial charge in [-0.25, -0.2) is 4.39 Å². The number of aliphatic hydroxyl groups is 1. The van der Waals surface area contributed by atoms with E-state index in [-0.39, 0.29) is 5.82 Å². The van der Waals surface area contributed by atoms with Crippen molar-refractivity contribution in [3.63, 3.8) is 0 Å². The molecule has 1 aromatic carbocycles. The Kier molecular flexibility index (Phi) is 2.26. The molecule has 16 heavy (non-hydrogen) atoms. The summed E-state index contributed by atoms with van der Waals surface area (Å²) < 4.78 is 13.7. The molecule has 2 fully saturated rings. The van der Waals surface area contributed by atoms with Crippen molar-refractivity contribution in [3.05, 3.63) is 35.6 Å². The van der Waals surface area contributed by atoms with Gasteiger partial charge in [-0.15, -0.1) is 0 Å². The first-order chi connectivity index (χ1) is 7.69. The number of benzene rings is 1. The maximum Gasteiger partial charge on any atom is 0.129 e. The summed E-state index contributed by atoms with van der Waals surface area (Å²) in [5, 5.41) is 10.5. The van der Waals surface area contributed by atoms with E-state index >= 15 is 0 Å². The van der Waals surface area contributed by atoms with Crippen molar-refractivity contribution in [3.8, 4) is 0 Å². The molecule has 1 saturated carbocycles. The van der Waals surface area contributed by atoms with E-state index in [2.05, 4.69) is 4.90 Å². The van der Waals surface area contributed by atoms with E-state index in [4.69, 9.17) is 0 Å². The average molecular weight is 221 g/mol. The third-order valence-electron chi connectivity index (χ3n) is 3.72. The minimum absolute atomic E-state index is 0.289. The van der Waals surface area contributed by atoms with E-state index in [9.17, 15) is 9.50 Å². The molecule has 1 unspecified atom stereocenters. The summed E-state index contributed by atoms with van der Waals surface area (Å²) in [6, 6.07) is 7.21. The van der Waals surface area contributed by atoms with Crippen LogP contribution < -0.4 is 0 Å². The highest BCUT2D eigenvalue weighted by Gasteiger charge is 2.43. The van der Waals surface area contributed by atoms with Crippen LogP contribution in [0.15, 0.2) is 24.3 Å². The van der Waals surface area contributed by atoms with Gasteiger partial charge in [0.2, 0.25) is 0 Å². The number of β-amino-alcohol motifs (C(OH)–C–C–N with tert-alkyl or cyclic N) is 1. The molecule has 0 spiro atoms. The molecule has 1 N–H and O–H groups in total. The van der Waals surface area contributed by atoms with E-state index in [1.54, 1.807) is 18.2 Å². The molecule has 1 aromatic rings. The molecule has 3 rings (SSSR count). The fraction of sp³-hybridized carbons (Fsp3) is 0.538. The molecule has 0 amide bonds. The summed E-state index contributed by atoms with van der Waals surface area (Å²) in [5.74, 6) is -0.289. The number of rotatable bonds is 2. The standard InChI is InChI=1S/C13H16FNO/c14-12-4-2-1-3-11(12)13(16)7-8-15(9-13)10-5-6-10/h1-4,10,16H,5-9H2. The lowest BCUT2D eigenvalue weighted by Gasteiger charge is -2.24. The Balaban J connectivity index is 1.86. The molecule has 1 saturated heterocycles. The zero-order valence-electron chi connectivity index (χ0n) is 9.19. The number of hydrogen-bond acceptors (Lipinski definition) is 2. The maximum atomic E-state index is 13.7. The minimum atomic E-state index is -0.978. The van der Waals surface area contributed by atoms with Gasteiger partial charge in [0.15, 0.2) is 0 Å². The molecule has 0 aromatic heterocycles. The SMILES string of the molecule is OC1(c2ccccc2F)CCN(C2CC2)C1. The zero-order valence-corrected chi connectivity index (χ0v) is 9.19. The monoisotopic (exact) mass is 221 g/mol. The molecule has 3 heteroatoms. The van der Waals surface area contributed by atoms with Crippen LogP contribution in [-0.2, 0) is 5.60 Å². The smallest absolute Gasteiger partial charge is 0.129 e. The molecule has 0 radical (unpaired) electrons. The first-order valence-electron chi connectivity index (χ1n) is 5.90. The summed E-state index contributed by atoms with van der Waals surface area (Å²) in [7, 11) is 0. The second-order valence-corrected chi connectivity index (χ2v) is 4.96. The Morgan fingerprint density at radius 1 is 1.31 bits per heavy atom. The molecule has 1 atom stereocenters. The summed E-state index contributed by atoms with van der Waals surface area (Å²) >= 11 is 0. The van der Waals surface area contributed by atoms with Gasteiger partial charge in [0.1, 0.15) is 11.4 Å². The van der Waals surface area contributed by atoms with Crippen LogP contribution in [0.2, 0.25) is 0 Å².